The van der Waals surface area contributed by atoms with Crippen LogP contribution in [0.5, 0.6) is 0 Å². The lowest BCUT2D eigenvalue weighted by atomic mass is 9.71. The van der Waals surface area contributed by atoms with Crippen LogP contribution < -0.4 is 54.4 Å². The van der Waals surface area contributed by atoms with Gasteiger partial charge in [-0.1, -0.05) is 117 Å². The van der Waals surface area contributed by atoms with Gasteiger partial charge in [0.05, 0.1) is 0 Å². The molecule has 0 bridgehead atoms. The molecule has 0 aromatic carbocycles. The summed E-state index contributed by atoms with van der Waals surface area (Å²) in [6.45, 7) is 52.8. The van der Waals surface area contributed by atoms with Crippen molar-refractivity contribution in [1.29, 1.82) is 0 Å². The Hall–Kier alpha value is -0.880. The highest BCUT2D eigenvalue weighted by Gasteiger charge is 2.38. The first-order valence-corrected chi connectivity index (χ1v) is 27.7. The third-order valence-corrected chi connectivity index (χ3v) is 17.6. The van der Waals surface area contributed by atoms with Crippen LogP contribution in [0.2, 0.25) is 0 Å². The molecular formula is C56H121N11. The van der Waals surface area contributed by atoms with Gasteiger partial charge in [-0.3, -0.25) is 0 Å². The maximum absolute atomic E-state index is 6.24. The summed E-state index contributed by atoms with van der Waals surface area (Å²) < 4.78 is 0. The molecule has 0 aromatic rings. The van der Waals surface area contributed by atoms with E-state index in [-0.39, 0.29) is 6.84 Å². The van der Waals surface area contributed by atoms with Crippen molar-refractivity contribution in [3.05, 3.63) is 0 Å². The number of piperidine rings is 6. The van der Waals surface area contributed by atoms with Crippen molar-refractivity contribution in [3.63, 3.8) is 0 Å². The summed E-state index contributed by atoms with van der Waals surface area (Å²) in [6, 6.07) is 2.59. The van der Waals surface area contributed by atoms with Gasteiger partial charge in [0.1, 0.15) is 0 Å². The predicted octanol–water partition coefficient (Wildman–Crippen LogP) is 6.68. The zero-order valence-electron chi connectivity index (χ0n) is 47.9. The van der Waals surface area contributed by atoms with Crippen LogP contribution in [-0.2, 0) is 0 Å². The van der Waals surface area contributed by atoms with Crippen molar-refractivity contribution in [3.8, 4) is 11.8 Å². The van der Waals surface area contributed by atoms with Gasteiger partial charge in [-0.25, -0.2) is 0 Å². The summed E-state index contributed by atoms with van der Waals surface area (Å²) in [5, 5.41) is 24.1. The summed E-state index contributed by atoms with van der Waals surface area (Å²) in [5.74, 6) is 13.6. The normalized spacial score (nSPS) is 40.4. The smallest absolute Gasteiger partial charge is 0.0165 e. The topological polar surface area (TPSA) is 166 Å². The van der Waals surface area contributed by atoms with Gasteiger partial charge in [-0.15, -0.1) is 11.8 Å². The van der Waals surface area contributed by atoms with Crippen LogP contribution in [0.15, 0.2) is 0 Å². The maximum Gasteiger partial charge on any atom is 0.0165 e. The molecule has 6 rings (SSSR count). The molecule has 0 saturated carbocycles. The Labute approximate surface area is 419 Å². The van der Waals surface area contributed by atoms with Crippen LogP contribution >= 0.6 is 0 Å². The van der Waals surface area contributed by atoms with Crippen LogP contribution in [0.3, 0.4) is 0 Å². The van der Waals surface area contributed by atoms with Crippen molar-refractivity contribution in [1.82, 2.24) is 42.1 Å². The Kier molecular flexibility index (Phi) is 30.9. The van der Waals surface area contributed by atoms with Gasteiger partial charge in [-0.2, -0.15) is 0 Å². The van der Waals surface area contributed by atoms with Gasteiger partial charge in [-0.05, 0) is 175 Å². The van der Waals surface area contributed by atoms with Gasteiger partial charge < -0.3 is 59.3 Å². The molecule has 0 amide bonds. The summed E-state index contributed by atoms with van der Waals surface area (Å²) in [6.07, 6.45) is 4.63. The Morgan fingerprint density at radius 1 is 0.537 bits per heavy atom. The number of nitrogens with two attached hydrogens (primary N) is 3. The monoisotopic (exact) mass is 948 g/mol. The van der Waals surface area contributed by atoms with Gasteiger partial charge in [0.2, 0.25) is 0 Å². The molecule has 6 heterocycles. The van der Waals surface area contributed by atoms with E-state index in [1.165, 1.54) is 58.5 Å². The minimum absolute atomic E-state index is 0. The molecule has 13 N–H and O–H groups in total. The molecular weight excluding hydrogens is 827 g/mol. The van der Waals surface area contributed by atoms with Crippen molar-refractivity contribution >= 4 is 0 Å². The lowest BCUT2D eigenvalue weighted by molar-refractivity contribution is 0.126. The fraction of sp³-hybridized carbons (Fsp3) is 0.964. The highest BCUT2D eigenvalue weighted by molar-refractivity contribution is 4.99. The minimum Gasteiger partial charge on any atom is -0.327 e. The van der Waals surface area contributed by atoms with Crippen LogP contribution in [0.25, 0.3) is 0 Å². The Morgan fingerprint density at radius 2 is 0.940 bits per heavy atom. The number of rotatable bonds is 7. The zero-order valence-corrected chi connectivity index (χ0v) is 47.9. The summed E-state index contributed by atoms with van der Waals surface area (Å²) in [5.41, 5.74) is 19.3. The molecule has 400 valence electrons. The first kappa shape index (κ1) is 64.1. The fourth-order valence-corrected chi connectivity index (χ4v) is 12.0. The molecule has 0 aromatic heterocycles. The predicted molar refractivity (Wildman–Crippen MR) is 297 cm³/mol. The molecule has 14 atom stereocenters. The van der Waals surface area contributed by atoms with E-state index in [1.807, 2.05) is 6.92 Å². The van der Waals surface area contributed by atoms with Crippen LogP contribution in [-0.4, -0.2) is 134 Å². The molecule has 6 saturated heterocycles. The van der Waals surface area contributed by atoms with Crippen molar-refractivity contribution in [2.45, 2.75) is 174 Å². The fourth-order valence-electron chi connectivity index (χ4n) is 12.0. The average molecular weight is 949 g/mol. The van der Waals surface area contributed by atoms with Crippen LogP contribution in [0.1, 0.15) is 145 Å². The van der Waals surface area contributed by atoms with E-state index in [0.29, 0.717) is 46.7 Å². The number of nitrogens with zero attached hydrogens (tertiary/aromatic N) is 1. The Morgan fingerprint density at radius 3 is 1.31 bits per heavy atom. The second-order valence-corrected chi connectivity index (χ2v) is 24.3. The maximum atomic E-state index is 6.24. The lowest BCUT2D eigenvalue weighted by Gasteiger charge is -2.44. The van der Waals surface area contributed by atoms with Gasteiger partial charge in [0.25, 0.3) is 0 Å². The minimum atomic E-state index is 0. The second kappa shape index (κ2) is 32.2. The summed E-state index contributed by atoms with van der Waals surface area (Å²) >= 11 is 0. The third kappa shape index (κ3) is 21.0. The van der Waals surface area contributed by atoms with E-state index in [2.05, 4.69) is 179 Å². The standard InChI is InChI=1S/C11H19N.C10H22N2.3C9H20N2.C8H18N2.H2/c1-4-5-6-11-9(2)7-12-8-10(11)3;1-4-8-6-12-7-10(3,5-2)9(8)11;1-7-5-10-6-8(2)9(7)11(3)4;1-4-9(3)6-11-5-7(2)8(9)10;1-4-11-9-7(2)5-10-6-8(9)3;1-6-4-10-5-8(2,3)7(6)9;/h9-12H,6-8H2,1-3H3;8-9,12H,4-7,11H2,1-3H3;7-10H,5-6H2,1-4H3;7-8,11H,4-6,10H2,1-3H3;7-11H,4-6H2,1-3H3;6-7,10H,4-5,9H2,1-3H3;1H. The molecule has 0 aliphatic carbocycles. The quantitative estimate of drug-likeness (QED) is 0.124. The molecule has 11 heteroatoms. The zero-order chi connectivity index (χ0) is 51.1. The Bertz CT molecular complexity index is 1300. The first-order valence-electron chi connectivity index (χ1n) is 27.7. The molecule has 6 fully saturated rings. The molecule has 11 nitrogen and oxygen atoms in total. The van der Waals surface area contributed by atoms with E-state index in [9.17, 15) is 0 Å². The molecule has 6 aliphatic heterocycles. The average Bonchev–Trinajstić information content (AvgIpc) is 3.28. The molecule has 14 unspecified atom stereocenters. The van der Waals surface area contributed by atoms with Gasteiger partial charge >= 0.3 is 0 Å². The van der Waals surface area contributed by atoms with Crippen LogP contribution in [0.4, 0.5) is 0 Å². The third-order valence-electron chi connectivity index (χ3n) is 17.6. The second-order valence-electron chi connectivity index (χ2n) is 24.3. The first-order chi connectivity index (χ1) is 31.4. The Balaban J connectivity index is 0.000000791. The number of hydrogen-bond donors (Lipinski definition) is 10. The van der Waals surface area contributed by atoms with E-state index >= 15 is 0 Å². The van der Waals surface area contributed by atoms with Crippen molar-refractivity contribution < 1.29 is 1.43 Å². The highest BCUT2D eigenvalue weighted by atomic mass is 15.1. The SMILES string of the molecule is CC#CCC1C(C)CNCC1C.CC1CNCC(C)(C)C1N.CC1CNCC(C)C1N(C)C.CCC1(C)CNCC(C)C1N.CCC1CNCC(C)(CC)C1N.CCNC1C(C)CNCC1C.[HH]. The highest BCUT2D eigenvalue weighted by Crippen LogP contribution is 2.33. The van der Waals surface area contributed by atoms with E-state index in [0.717, 1.165) is 106 Å². The van der Waals surface area contributed by atoms with E-state index < -0.39 is 0 Å². The largest absolute Gasteiger partial charge is 0.327 e. The molecule has 67 heavy (non-hydrogen) atoms. The molecule has 0 radical (unpaired) electrons. The number of nitrogens with one attached hydrogen (secondary N) is 7. The van der Waals surface area contributed by atoms with E-state index in [4.69, 9.17) is 17.2 Å². The van der Waals surface area contributed by atoms with Crippen molar-refractivity contribution in [2.24, 2.45) is 92.6 Å². The lowest BCUT2D eigenvalue weighted by Crippen LogP contribution is -2.57. The summed E-state index contributed by atoms with van der Waals surface area (Å²) in [4.78, 5) is 2.36. The van der Waals surface area contributed by atoms with Crippen molar-refractivity contribution in [2.75, 3.05) is 99.2 Å². The van der Waals surface area contributed by atoms with Gasteiger partial charge in [0.15, 0.2) is 0 Å². The van der Waals surface area contributed by atoms with Gasteiger partial charge in [0, 0.05) is 57.7 Å². The van der Waals surface area contributed by atoms with E-state index in [1.54, 1.807) is 0 Å². The summed E-state index contributed by atoms with van der Waals surface area (Å²) in [7, 11) is 4.37. The number of hydrogen-bond acceptors (Lipinski definition) is 11. The molecule has 0 spiro atoms. The molecule has 6 aliphatic rings. The van der Waals surface area contributed by atoms with Crippen LogP contribution in [0, 0.1) is 87.3 Å².